The zero-order valence-electron chi connectivity index (χ0n) is 19.7. The molecule has 1 unspecified atom stereocenters. The summed E-state index contributed by atoms with van der Waals surface area (Å²) in [7, 11) is 4.27. The first-order chi connectivity index (χ1) is 15.4. The van der Waals surface area contributed by atoms with Crippen molar-refractivity contribution in [3.63, 3.8) is 0 Å². The number of hydrogen-bond donors (Lipinski definition) is 1. The lowest BCUT2D eigenvalue weighted by molar-refractivity contribution is -0.898. The number of carbonyl (C=O) groups is 1. The molecule has 1 aliphatic heterocycles. The zero-order chi connectivity index (χ0) is 22.6. The van der Waals surface area contributed by atoms with Crippen molar-refractivity contribution in [1.29, 1.82) is 0 Å². The van der Waals surface area contributed by atoms with Crippen molar-refractivity contribution < 1.29 is 31.5 Å². The van der Waals surface area contributed by atoms with Gasteiger partial charge in [-0.15, -0.1) is 0 Å². The van der Waals surface area contributed by atoms with Gasteiger partial charge in [-0.1, -0.05) is 54.9 Å². The van der Waals surface area contributed by atoms with Gasteiger partial charge in [0.15, 0.2) is 16.9 Å². The molecular weight excluding hydrogens is 458 g/mol. The SMILES string of the molecule is Cn1ccnc1SCCC[N+]1(C)CC[C@@H](OC(=O)[C@](O)(c2ccccc2)C2CCCC2)C1.[Cl-]. The zero-order valence-corrected chi connectivity index (χ0v) is 21.2. The van der Waals surface area contributed by atoms with Crippen LogP contribution in [-0.2, 0) is 22.2 Å². The molecule has 33 heavy (non-hydrogen) atoms. The fourth-order valence-corrected chi connectivity index (χ4v) is 6.18. The second-order valence-electron chi connectivity index (χ2n) is 9.70. The lowest BCUT2D eigenvalue weighted by Gasteiger charge is -2.33. The number of carbonyl (C=O) groups excluding carboxylic acids is 1. The molecule has 0 radical (unpaired) electrons. The maximum absolute atomic E-state index is 13.4. The van der Waals surface area contributed by atoms with Crippen molar-refractivity contribution in [3.8, 4) is 0 Å². The molecule has 1 saturated carbocycles. The lowest BCUT2D eigenvalue weighted by Crippen LogP contribution is -3.00. The molecule has 1 aliphatic carbocycles. The van der Waals surface area contributed by atoms with E-state index in [1.54, 1.807) is 11.8 Å². The monoisotopic (exact) mass is 493 g/mol. The third-order valence-electron chi connectivity index (χ3n) is 7.23. The van der Waals surface area contributed by atoms with Crippen LogP contribution in [0.5, 0.6) is 0 Å². The van der Waals surface area contributed by atoms with Gasteiger partial charge in [-0.3, -0.25) is 0 Å². The van der Waals surface area contributed by atoms with E-state index < -0.39 is 11.6 Å². The Hall–Kier alpha value is -1.54. The Bertz CT molecular complexity index is 905. The summed E-state index contributed by atoms with van der Waals surface area (Å²) in [5, 5.41) is 12.7. The van der Waals surface area contributed by atoms with Gasteiger partial charge in [0.05, 0.1) is 20.1 Å². The van der Waals surface area contributed by atoms with Gasteiger partial charge in [-0.25, -0.2) is 9.78 Å². The van der Waals surface area contributed by atoms with Gasteiger partial charge >= 0.3 is 5.97 Å². The summed E-state index contributed by atoms with van der Waals surface area (Å²) in [5.41, 5.74) is -0.874. The fourth-order valence-electron chi connectivity index (χ4n) is 5.33. The molecule has 2 aromatic rings. The third kappa shape index (κ3) is 5.94. The minimum Gasteiger partial charge on any atom is -1.00 e. The molecule has 1 aromatic heterocycles. The fraction of sp³-hybridized carbons (Fsp3) is 0.600. The smallest absolute Gasteiger partial charge is 0.343 e. The number of aliphatic hydroxyl groups is 1. The number of likely N-dealkylation sites (N-methyl/N-ethyl adjacent to an activating group) is 1. The predicted octanol–water partition coefficient (Wildman–Crippen LogP) is 0.746. The average molecular weight is 494 g/mol. The van der Waals surface area contributed by atoms with Crippen molar-refractivity contribution in [2.45, 2.75) is 55.4 Å². The Labute approximate surface area is 207 Å². The molecule has 2 heterocycles. The average Bonchev–Trinajstić information content (AvgIpc) is 3.54. The maximum Gasteiger partial charge on any atom is 0.343 e. The molecule has 1 saturated heterocycles. The van der Waals surface area contributed by atoms with E-state index >= 15 is 0 Å². The maximum atomic E-state index is 13.4. The van der Waals surface area contributed by atoms with E-state index in [1.165, 1.54) is 0 Å². The number of hydrogen-bond acceptors (Lipinski definition) is 5. The molecule has 0 bridgehead atoms. The number of rotatable bonds is 9. The van der Waals surface area contributed by atoms with Crippen molar-refractivity contribution in [2.24, 2.45) is 13.0 Å². The number of aromatic nitrogens is 2. The molecule has 1 aromatic carbocycles. The third-order valence-corrected chi connectivity index (χ3v) is 8.37. The number of ether oxygens (including phenoxy) is 1. The highest BCUT2D eigenvalue weighted by Crippen LogP contribution is 2.42. The van der Waals surface area contributed by atoms with Crippen molar-refractivity contribution in [2.75, 3.05) is 32.4 Å². The summed E-state index contributed by atoms with van der Waals surface area (Å²) in [6.07, 6.45) is 9.46. The van der Waals surface area contributed by atoms with E-state index in [2.05, 4.69) is 12.0 Å². The van der Waals surface area contributed by atoms with E-state index in [0.29, 0.717) is 5.56 Å². The van der Waals surface area contributed by atoms with E-state index in [9.17, 15) is 9.90 Å². The number of esters is 1. The summed E-state index contributed by atoms with van der Waals surface area (Å²) in [5.74, 6) is 0.501. The molecular formula is C25H36ClN3O3S. The number of nitrogens with zero attached hydrogens (tertiary/aromatic N) is 3. The van der Waals surface area contributed by atoms with Gasteiger partial charge in [0.2, 0.25) is 0 Å². The molecule has 2 aliphatic rings. The summed E-state index contributed by atoms with van der Waals surface area (Å²) in [6.45, 7) is 2.86. The van der Waals surface area contributed by atoms with E-state index in [4.69, 9.17) is 4.74 Å². The summed E-state index contributed by atoms with van der Waals surface area (Å²) in [6, 6.07) is 9.39. The van der Waals surface area contributed by atoms with Crippen LogP contribution in [0.15, 0.2) is 47.9 Å². The van der Waals surface area contributed by atoms with Gasteiger partial charge in [0, 0.05) is 44.0 Å². The van der Waals surface area contributed by atoms with Gasteiger partial charge in [-0.2, -0.15) is 0 Å². The van der Waals surface area contributed by atoms with Crippen LogP contribution in [0.1, 0.15) is 44.1 Å². The number of aryl methyl sites for hydroxylation is 1. The van der Waals surface area contributed by atoms with Gasteiger partial charge in [0.25, 0.3) is 0 Å². The van der Waals surface area contributed by atoms with Crippen LogP contribution in [0.4, 0.5) is 0 Å². The highest BCUT2D eigenvalue weighted by atomic mass is 35.5. The van der Waals surface area contributed by atoms with Gasteiger partial charge in [-0.05, 0) is 18.4 Å². The molecule has 2 fully saturated rings. The lowest BCUT2D eigenvalue weighted by atomic mass is 9.80. The molecule has 8 heteroatoms. The normalized spacial score (nSPS) is 24.9. The molecule has 3 atom stereocenters. The first-order valence-corrected chi connectivity index (χ1v) is 12.8. The number of likely N-dealkylation sites (tertiary alicyclic amines) is 1. The molecule has 0 spiro atoms. The highest BCUT2D eigenvalue weighted by Gasteiger charge is 2.49. The summed E-state index contributed by atoms with van der Waals surface area (Å²) in [4.78, 5) is 17.7. The van der Waals surface area contributed by atoms with Crippen LogP contribution in [0.2, 0.25) is 0 Å². The van der Waals surface area contributed by atoms with E-state index in [0.717, 1.165) is 73.6 Å². The number of quaternary nitrogens is 1. The van der Waals surface area contributed by atoms with Gasteiger partial charge in [0.1, 0.15) is 6.54 Å². The Morgan fingerprint density at radius 3 is 2.67 bits per heavy atom. The van der Waals surface area contributed by atoms with E-state index in [1.807, 2.05) is 54.3 Å². The topological polar surface area (TPSA) is 64.4 Å². The quantitative estimate of drug-likeness (QED) is 0.242. The molecule has 4 rings (SSSR count). The van der Waals surface area contributed by atoms with Crippen molar-refractivity contribution in [1.82, 2.24) is 9.55 Å². The summed E-state index contributed by atoms with van der Waals surface area (Å²) >= 11 is 1.79. The van der Waals surface area contributed by atoms with Crippen LogP contribution >= 0.6 is 11.8 Å². The minimum atomic E-state index is -1.54. The molecule has 1 N–H and O–H groups in total. The molecule has 182 valence electrons. The largest absolute Gasteiger partial charge is 1.00 e. The van der Waals surface area contributed by atoms with Crippen LogP contribution in [0.25, 0.3) is 0 Å². The Morgan fingerprint density at radius 1 is 1.27 bits per heavy atom. The Kier molecular flexibility index (Phi) is 8.89. The Morgan fingerprint density at radius 2 is 2.00 bits per heavy atom. The van der Waals surface area contributed by atoms with E-state index in [-0.39, 0.29) is 24.4 Å². The van der Waals surface area contributed by atoms with Crippen LogP contribution < -0.4 is 12.4 Å². The second-order valence-corrected chi connectivity index (χ2v) is 10.8. The summed E-state index contributed by atoms with van der Waals surface area (Å²) < 4.78 is 8.95. The predicted molar refractivity (Wildman–Crippen MR) is 126 cm³/mol. The van der Waals surface area contributed by atoms with Gasteiger partial charge < -0.3 is 31.3 Å². The van der Waals surface area contributed by atoms with Crippen LogP contribution in [0, 0.1) is 5.92 Å². The van der Waals surface area contributed by atoms with Crippen LogP contribution in [0.3, 0.4) is 0 Å². The molecule has 6 nitrogen and oxygen atoms in total. The number of thioether (sulfide) groups is 1. The second kappa shape index (κ2) is 11.3. The van der Waals surface area contributed by atoms with Crippen molar-refractivity contribution >= 4 is 17.7 Å². The number of halogens is 1. The number of imidazole rings is 1. The highest BCUT2D eigenvalue weighted by molar-refractivity contribution is 7.99. The first kappa shape index (κ1) is 26.1. The van der Waals surface area contributed by atoms with Crippen molar-refractivity contribution in [3.05, 3.63) is 48.3 Å². The number of benzene rings is 1. The first-order valence-electron chi connectivity index (χ1n) is 11.8. The Balaban J connectivity index is 0.00000306. The standard InChI is InChI=1S/C25H36N3O3S.ClH/c1-27-15-14-26-24(27)32-18-8-16-28(2)17-13-22(19-28)31-23(29)25(30,21-11-6-7-12-21)20-9-4-3-5-10-20;/h3-5,9-10,14-15,21-22,30H,6-8,11-13,16-19H2,1-2H3;1H/q+1;/p-1/t22-,25+,28?;/m1./s1. The molecule has 0 amide bonds. The minimum absolute atomic E-state index is 0. The van der Waals surface area contributed by atoms with Crippen LogP contribution in [-0.4, -0.2) is 63.6 Å².